The van der Waals surface area contributed by atoms with E-state index in [9.17, 15) is 0 Å². The van der Waals surface area contributed by atoms with Crippen molar-refractivity contribution in [1.29, 1.82) is 0 Å². The van der Waals surface area contributed by atoms with Crippen molar-refractivity contribution in [3.63, 3.8) is 0 Å². The van der Waals surface area contributed by atoms with Crippen molar-refractivity contribution in [3.8, 4) is 0 Å². The Morgan fingerprint density at radius 1 is 1.08 bits per heavy atom. The van der Waals surface area contributed by atoms with Gasteiger partial charge in [0.05, 0.1) is 18.6 Å². The Kier molecular flexibility index (Phi) is 4.35. The van der Waals surface area contributed by atoms with Crippen LogP contribution in [0.1, 0.15) is 24.7 Å². The predicted molar refractivity (Wildman–Crippen MR) is 95.5 cm³/mol. The van der Waals surface area contributed by atoms with Gasteiger partial charge in [-0.05, 0) is 13.3 Å². The molecule has 0 aromatic carbocycles. The van der Waals surface area contributed by atoms with Gasteiger partial charge in [-0.1, -0.05) is 6.92 Å². The summed E-state index contributed by atoms with van der Waals surface area (Å²) in [4.78, 5) is 13.5. The Hall–Kier alpha value is -2.48. The molecule has 0 spiro atoms. The molecule has 0 aliphatic carbocycles. The van der Waals surface area contributed by atoms with Crippen LogP contribution in [0.4, 0.5) is 5.82 Å². The molecule has 3 aromatic heterocycles. The predicted octanol–water partition coefficient (Wildman–Crippen LogP) is 1.36. The summed E-state index contributed by atoms with van der Waals surface area (Å²) in [6.45, 7) is 9.99. The van der Waals surface area contributed by atoms with Crippen LogP contribution in [-0.2, 0) is 13.1 Å². The third kappa shape index (κ3) is 3.34. The van der Waals surface area contributed by atoms with E-state index in [1.807, 2.05) is 28.5 Å². The van der Waals surface area contributed by atoms with Crippen LogP contribution in [0.2, 0.25) is 0 Å². The van der Waals surface area contributed by atoms with E-state index in [1.165, 1.54) is 5.56 Å². The lowest BCUT2D eigenvalue weighted by Crippen LogP contribution is -2.46. The molecule has 132 valence electrons. The van der Waals surface area contributed by atoms with Crippen LogP contribution in [0.5, 0.6) is 0 Å². The number of nitrogens with zero attached hydrogens (tertiary/aromatic N) is 8. The fraction of sp³-hybridized carbons (Fsp3) is 0.529. The van der Waals surface area contributed by atoms with Crippen LogP contribution in [0.25, 0.3) is 5.65 Å². The Morgan fingerprint density at radius 3 is 2.72 bits per heavy atom. The molecule has 25 heavy (non-hydrogen) atoms. The summed E-state index contributed by atoms with van der Waals surface area (Å²) in [5.74, 6) is 1.80. The molecular formula is C17H24N8. The average molecular weight is 340 g/mol. The van der Waals surface area contributed by atoms with E-state index in [2.05, 4.69) is 43.1 Å². The van der Waals surface area contributed by atoms with Crippen LogP contribution in [0, 0.1) is 6.92 Å². The number of fused-ring (bicyclic) bond motifs is 1. The van der Waals surface area contributed by atoms with Crippen molar-refractivity contribution < 1.29 is 0 Å². The summed E-state index contributed by atoms with van der Waals surface area (Å²) < 4.78 is 3.93. The van der Waals surface area contributed by atoms with Crippen molar-refractivity contribution in [2.45, 2.75) is 33.4 Å². The topological polar surface area (TPSA) is 67.4 Å². The molecule has 0 amide bonds. The van der Waals surface area contributed by atoms with Gasteiger partial charge in [0, 0.05) is 51.0 Å². The molecule has 1 fully saturated rings. The van der Waals surface area contributed by atoms with Gasteiger partial charge < -0.3 is 4.90 Å². The SMILES string of the molecule is CCCn1cc(CN2CCN(c3cncc4nc(C)nn34)CC2)cn1. The van der Waals surface area contributed by atoms with Crippen LogP contribution in [0.3, 0.4) is 0 Å². The molecule has 8 heteroatoms. The van der Waals surface area contributed by atoms with Gasteiger partial charge >= 0.3 is 0 Å². The second-order valence-corrected chi connectivity index (χ2v) is 6.57. The summed E-state index contributed by atoms with van der Waals surface area (Å²) in [5.41, 5.74) is 2.10. The minimum atomic E-state index is 0.775. The van der Waals surface area contributed by atoms with Gasteiger partial charge in [0.15, 0.2) is 11.5 Å². The monoisotopic (exact) mass is 340 g/mol. The minimum absolute atomic E-state index is 0.775. The first-order valence-corrected chi connectivity index (χ1v) is 8.89. The molecule has 1 aliphatic rings. The van der Waals surface area contributed by atoms with Crippen LogP contribution in [0.15, 0.2) is 24.8 Å². The largest absolute Gasteiger partial charge is 0.353 e. The van der Waals surface area contributed by atoms with E-state index in [0.29, 0.717) is 0 Å². The Morgan fingerprint density at radius 2 is 1.92 bits per heavy atom. The summed E-state index contributed by atoms with van der Waals surface area (Å²) >= 11 is 0. The highest BCUT2D eigenvalue weighted by Gasteiger charge is 2.20. The number of anilines is 1. The first-order valence-electron chi connectivity index (χ1n) is 8.89. The van der Waals surface area contributed by atoms with Gasteiger partial charge in [-0.15, -0.1) is 5.10 Å². The van der Waals surface area contributed by atoms with Gasteiger partial charge in [0.1, 0.15) is 5.82 Å². The van der Waals surface area contributed by atoms with Crippen molar-refractivity contribution in [2.24, 2.45) is 0 Å². The molecule has 0 N–H and O–H groups in total. The van der Waals surface area contributed by atoms with E-state index in [4.69, 9.17) is 0 Å². The Labute approximate surface area is 147 Å². The Bertz CT molecular complexity index is 843. The zero-order chi connectivity index (χ0) is 17.2. The maximum atomic E-state index is 4.49. The van der Waals surface area contributed by atoms with Crippen molar-refractivity contribution >= 4 is 11.5 Å². The van der Waals surface area contributed by atoms with Crippen molar-refractivity contribution in [3.05, 3.63) is 36.2 Å². The molecule has 0 atom stereocenters. The first-order chi connectivity index (χ1) is 12.2. The van der Waals surface area contributed by atoms with Gasteiger partial charge in [0.25, 0.3) is 0 Å². The highest BCUT2D eigenvalue weighted by molar-refractivity contribution is 5.47. The highest BCUT2D eigenvalue weighted by atomic mass is 15.4. The lowest BCUT2D eigenvalue weighted by atomic mass is 10.2. The third-order valence-corrected chi connectivity index (χ3v) is 4.58. The molecule has 1 saturated heterocycles. The fourth-order valence-corrected chi connectivity index (χ4v) is 3.36. The zero-order valence-electron chi connectivity index (χ0n) is 14.8. The third-order valence-electron chi connectivity index (χ3n) is 4.58. The number of hydrogen-bond donors (Lipinski definition) is 0. The molecule has 8 nitrogen and oxygen atoms in total. The number of hydrogen-bond acceptors (Lipinski definition) is 6. The van der Waals surface area contributed by atoms with E-state index in [1.54, 1.807) is 6.20 Å². The van der Waals surface area contributed by atoms with E-state index in [-0.39, 0.29) is 0 Å². The number of piperazine rings is 1. The second-order valence-electron chi connectivity index (χ2n) is 6.57. The Balaban J connectivity index is 1.40. The molecule has 0 radical (unpaired) electrons. The molecular weight excluding hydrogens is 316 g/mol. The molecule has 0 bridgehead atoms. The van der Waals surface area contributed by atoms with Crippen molar-refractivity contribution in [2.75, 3.05) is 31.1 Å². The lowest BCUT2D eigenvalue weighted by Gasteiger charge is -2.35. The van der Waals surface area contributed by atoms with Crippen molar-refractivity contribution in [1.82, 2.24) is 34.3 Å². The maximum Gasteiger partial charge on any atom is 0.176 e. The van der Waals surface area contributed by atoms with Gasteiger partial charge in [-0.25, -0.2) is 4.98 Å². The minimum Gasteiger partial charge on any atom is -0.353 e. The molecule has 3 aromatic rings. The lowest BCUT2D eigenvalue weighted by molar-refractivity contribution is 0.249. The fourth-order valence-electron chi connectivity index (χ4n) is 3.36. The maximum absolute atomic E-state index is 4.49. The second kappa shape index (κ2) is 6.79. The van der Waals surface area contributed by atoms with E-state index < -0.39 is 0 Å². The van der Waals surface area contributed by atoms with Crippen LogP contribution < -0.4 is 4.90 Å². The quantitative estimate of drug-likeness (QED) is 0.699. The first kappa shape index (κ1) is 16.0. The van der Waals surface area contributed by atoms with Crippen LogP contribution in [-0.4, -0.2) is 60.4 Å². The molecule has 1 aliphatic heterocycles. The summed E-state index contributed by atoms with van der Waals surface area (Å²) in [7, 11) is 0. The van der Waals surface area contributed by atoms with Gasteiger partial charge in [0.2, 0.25) is 0 Å². The molecule has 0 saturated carbocycles. The summed E-state index contributed by atoms with van der Waals surface area (Å²) in [6, 6.07) is 0. The highest BCUT2D eigenvalue weighted by Crippen LogP contribution is 2.17. The summed E-state index contributed by atoms with van der Waals surface area (Å²) in [6.07, 6.45) is 8.91. The number of rotatable bonds is 5. The van der Waals surface area contributed by atoms with Gasteiger partial charge in [-0.2, -0.15) is 9.61 Å². The zero-order valence-corrected chi connectivity index (χ0v) is 14.8. The average Bonchev–Trinajstić information content (AvgIpc) is 3.21. The number of aryl methyl sites for hydroxylation is 2. The van der Waals surface area contributed by atoms with E-state index >= 15 is 0 Å². The van der Waals surface area contributed by atoms with Crippen LogP contribution >= 0.6 is 0 Å². The number of aromatic nitrogens is 6. The molecule has 0 unspecified atom stereocenters. The standard InChI is InChI=1S/C17H24N8/c1-3-4-24-13-15(9-19-24)12-22-5-7-23(8-6-22)17-11-18-10-16-20-14(2)21-25(16)17/h9-11,13H,3-8,12H2,1-2H3. The smallest absolute Gasteiger partial charge is 0.176 e. The normalized spacial score (nSPS) is 16.0. The molecule has 4 rings (SSSR count). The molecule has 4 heterocycles. The van der Waals surface area contributed by atoms with E-state index in [0.717, 1.165) is 63.0 Å². The summed E-state index contributed by atoms with van der Waals surface area (Å²) in [5, 5.41) is 8.92. The van der Waals surface area contributed by atoms with Gasteiger partial charge in [-0.3, -0.25) is 14.6 Å².